The van der Waals surface area contributed by atoms with Crippen LogP contribution >= 0.6 is 34.4 Å². The largest absolute Gasteiger partial charge is 0.358 e. The molecule has 1 atom stereocenters. The number of nitrogens with one attached hydrogen (secondary N) is 2. The van der Waals surface area contributed by atoms with E-state index >= 15 is 0 Å². The lowest BCUT2D eigenvalue weighted by Crippen LogP contribution is -2.53. The Morgan fingerprint density at radius 1 is 1.17 bits per heavy atom. The molecule has 1 fully saturated rings. The molecule has 2 amide bonds. The number of amides is 2. The van der Waals surface area contributed by atoms with E-state index in [2.05, 4.69) is 33.2 Å². The highest BCUT2D eigenvalue weighted by molar-refractivity contribution is 14.1. The van der Waals surface area contributed by atoms with Gasteiger partial charge in [-0.1, -0.05) is 6.07 Å². The number of rotatable bonds is 5. The highest BCUT2D eigenvalue weighted by Gasteiger charge is 2.37. The van der Waals surface area contributed by atoms with Crippen LogP contribution in [0.15, 0.2) is 47.4 Å². The molecule has 2 aromatic rings. The number of sulfonamides is 1. The van der Waals surface area contributed by atoms with Crippen LogP contribution in [0.5, 0.6) is 0 Å². The van der Waals surface area contributed by atoms with E-state index in [1.165, 1.54) is 23.5 Å². The van der Waals surface area contributed by atoms with Crippen molar-refractivity contribution in [3.8, 4) is 0 Å². The van der Waals surface area contributed by atoms with Crippen LogP contribution in [-0.4, -0.2) is 55.7 Å². The molecule has 30 heavy (non-hydrogen) atoms. The Hall–Kier alpha value is -1.63. The normalized spacial score (nSPS) is 17.4. The summed E-state index contributed by atoms with van der Waals surface area (Å²) in [5.41, 5.74) is 2.11. The van der Waals surface area contributed by atoms with Crippen molar-refractivity contribution in [3.63, 3.8) is 0 Å². The Balaban J connectivity index is 1.77. The third-order valence-electron chi connectivity index (χ3n) is 4.78. The Bertz CT molecular complexity index is 1060. The van der Waals surface area contributed by atoms with Crippen molar-refractivity contribution in [2.75, 3.05) is 30.4 Å². The van der Waals surface area contributed by atoms with Crippen molar-refractivity contribution in [2.45, 2.75) is 17.9 Å². The fourth-order valence-corrected chi connectivity index (χ4v) is 6.39. The number of halogens is 1. The zero-order valence-corrected chi connectivity index (χ0v) is 20.3. The zero-order valence-electron chi connectivity index (χ0n) is 16.5. The topological polar surface area (TPSA) is 95.6 Å². The van der Waals surface area contributed by atoms with Gasteiger partial charge >= 0.3 is 0 Å². The highest BCUT2D eigenvalue weighted by atomic mass is 127. The van der Waals surface area contributed by atoms with Gasteiger partial charge in [0.05, 0.1) is 4.90 Å². The van der Waals surface area contributed by atoms with E-state index in [9.17, 15) is 18.0 Å². The summed E-state index contributed by atoms with van der Waals surface area (Å²) in [4.78, 5) is 24.7. The molecule has 1 aliphatic heterocycles. The van der Waals surface area contributed by atoms with Gasteiger partial charge in [-0.05, 0) is 71.5 Å². The molecule has 0 bridgehead atoms. The molecule has 0 radical (unpaired) electrons. The number of anilines is 1. The van der Waals surface area contributed by atoms with Gasteiger partial charge in [0.1, 0.15) is 6.04 Å². The van der Waals surface area contributed by atoms with E-state index in [0.29, 0.717) is 22.8 Å². The molecule has 1 heterocycles. The molecular formula is C20H22IN3O4S2. The van der Waals surface area contributed by atoms with Gasteiger partial charge in [0.2, 0.25) is 15.9 Å². The van der Waals surface area contributed by atoms with E-state index in [1.807, 2.05) is 13.0 Å². The Morgan fingerprint density at radius 3 is 2.50 bits per heavy atom. The van der Waals surface area contributed by atoms with Gasteiger partial charge in [-0.15, -0.1) is 0 Å². The van der Waals surface area contributed by atoms with E-state index in [1.54, 1.807) is 36.0 Å². The van der Waals surface area contributed by atoms with Gasteiger partial charge in [0.15, 0.2) is 0 Å². The predicted molar refractivity (Wildman–Crippen MR) is 127 cm³/mol. The van der Waals surface area contributed by atoms with Crippen LogP contribution in [0.1, 0.15) is 15.9 Å². The van der Waals surface area contributed by atoms with Gasteiger partial charge in [0, 0.05) is 39.9 Å². The molecule has 3 rings (SSSR count). The van der Waals surface area contributed by atoms with Crippen molar-refractivity contribution in [3.05, 3.63) is 57.2 Å². The highest BCUT2D eigenvalue weighted by Crippen LogP contribution is 2.26. The fraction of sp³-hybridized carbons (Fsp3) is 0.300. The van der Waals surface area contributed by atoms with E-state index < -0.39 is 16.1 Å². The Kier molecular flexibility index (Phi) is 7.43. The average Bonchev–Trinajstić information content (AvgIpc) is 2.75. The van der Waals surface area contributed by atoms with Crippen LogP contribution in [-0.2, 0) is 14.8 Å². The van der Waals surface area contributed by atoms with E-state index in [-0.39, 0.29) is 23.3 Å². The number of nitrogens with zero attached hydrogens (tertiary/aromatic N) is 1. The summed E-state index contributed by atoms with van der Waals surface area (Å²) in [7, 11) is -2.33. The molecule has 1 aliphatic rings. The number of hydrogen-bond donors (Lipinski definition) is 2. The summed E-state index contributed by atoms with van der Waals surface area (Å²) >= 11 is 3.73. The number of carbonyl (C=O) groups excluding carboxylic acids is 2. The minimum absolute atomic E-state index is 0.0891. The van der Waals surface area contributed by atoms with E-state index in [0.717, 1.165) is 9.13 Å². The van der Waals surface area contributed by atoms with Crippen molar-refractivity contribution in [2.24, 2.45) is 0 Å². The minimum Gasteiger partial charge on any atom is -0.358 e. The van der Waals surface area contributed by atoms with Crippen molar-refractivity contribution in [1.29, 1.82) is 0 Å². The second-order valence-electron chi connectivity index (χ2n) is 6.76. The second kappa shape index (κ2) is 9.67. The maximum Gasteiger partial charge on any atom is 0.255 e. The van der Waals surface area contributed by atoms with Gasteiger partial charge in [0.25, 0.3) is 5.91 Å². The molecule has 0 aromatic heterocycles. The van der Waals surface area contributed by atoms with Crippen LogP contribution < -0.4 is 10.6 Å². The van der Waals surface area contributed by atoms with Gasteiger partial charge in [-0.25, -0.2) is 8.42 Å². The lowest BCUT2D eigenvalue weighted by atomic mass is 10.1. The third kappa shape index (κ3) is 4.98. The monoisotopic (exact) mass is 559 g/mol. The summed E-state index contributed by atoms with van der Waals surface area (Å²) in [6.07, 6.45) is 0. The van der Waals surface area contributed by atoms with Crippen molar-refractivity contribution >= 4 is 61.9 Å². The smallest absolute Gasteiger partial charge is 0.255 e. The van der Waals surface area contributed by atoms with Crippen LogP contribution in [0.3, 0.4) is 0 Å². The maximum absolute atomic E-state index is 13.1. The first kappa shape index (κ1) is 23.0. The number of carbonyl (C=O) groups is 2. The summed E-state index contributed by atoms with van der Waals surface area (Å²) in [6.45, 7) is 2.24. The van der Waals surface area contributed by atoms with E-state index in [4.69, 9.17) is 0 Å². The summed E-state index contributed by atoms with van der Waals surface area (Å²) in [6, 6.07) is 10.7. The molecule has 1 unspecified atom stereocenters. The number of hydrogen-bond acceptors (Lipinski definition) is 5. The molecule has 0 aliphatic carbocycles. The molecule has 1 saturated heterocycles. The predicted octanol–water partition coefficient (Wildman–Crippen LogP) is 2.70. The Labute approximate surface area is 194 Å². The van der Waals surface area contributed by atoms with Gasteiger partial charge in [-0.3, -0.25) is 9.59 Å². The number of benzene rings is 2. The van der Waals surface area contributed by atoms with Gasteiger partial charge < -0.3 is 10.6 Å². The molecule has 7 nitrogen and oxygen atoms in total. The lowest BCUT2D eigenvalue weighted by molar-refractivity contribution is -0.123. The molecule has 10 heteroatoms. The molecule has 0 saturated carbocycles. The third-order valence-corrected chi connectivity index (χ3v) is 8.89. The molecule has 2 aromatic carbocycles. The average molecular weight is 559 g/mol. The fourth-order valence-electron chi connectivity index (χ4n) is 3.03. The van der Waals surface area contributed by atoms with Gasteiger partial charge in [-0.2, -0.15) is 16.1 Å². The molecule has 2 N–H and O–H groups in total. The summed E-state index contributed by atoms with van der Waals surface area (Å²) in [5.74, 6) is 0.470. The SMILES string of the molecule is CNC(=O)C1CSCCN1S(=O)(=O)c1ccc(NC(=O)c2ccc(C)c(I)c2)cc1. The van der Waals surface area contributed by atoms with Crippen molar-refractivity contribution < 1.29 is 18.0 Å². The lowest BCUT2D eigenvalue weighted by Gasteiger charge is -2.33. The quantitative estimate of drug-likeness (QED) is 0.550. The number of thioether (sulfide) groups is 1. The summed E-state index contributed by atoms with van der Waals surface area (Å²) in [5, 5.41) is 5.32. The number of aryl methyl sites for hydroxylation is 1. The molecule has 160 valence electrons. The summed E-state index contributed by atoms with van der Waals surface area (Å²) < 4.78 is 28.4. The van der Waals surface area contributed by atoms with Crippen LogP contribution in [0.4, 0.5) is 5.69 Å². The Morgan fingerprint density at radius 2 is 1.87 bits per heavy atom. The number of likely N-dealkylation sites (N-methyl/N-ethyl adjacent to an activating group) is 1. The van der Waals surface area contributed by atoms with Crippen LogP contribution in [0.2, 0.25) is 0 Å². The first-order chi connectivity index (χ1) is 14.2. The first-order valence-electron chi connectivity index (χ1n) is 9.23. The molecule has 0 spiro atoms. The standard InChI is InChI=1S/C20H22IN3O4S2/c1-13-3-4-14(11-17(13)21)19(25)23-15-5-7-16(8-6-15)30(27,28)24-9-10-29-12-18(24)20(26)22-2/h3-8,11,18H,9-10,12H2,1-2H3,(H,22,26)(H,23,25). The van der Waals surface area contributed by atoms with Crippen molar-refractivity contribution in [1.82, 2.24) is 9.62 Å². The zero-order chi connectivity index (χ0) is 21.9. The van der Waals surface area contributed by atoms with Crippen LogP contribution in [0, 0.1) is 10.5 Å². The first-order valence-corrected chi connectivity index (χ1v) is 12.9. The second-order valence-corrected chi connectivity index (χ2v) is 11.0. The van der Waals surface area contributed by atoms with Crippen LogP contribution in [0.25, 0.3) is 0 Å². The maximum atomic E-state index is 13.1. The minimum atomic E-state index is -3.83. The molecular weight excluding hydrogens is 537 g/mol.